The second-order valence-electron chi connectivity index (χ2n) is 5.39. The van der Waals surface area contributed by atoms with Gasteiger partial charge in [0.05, 0.1) is 17.5 Å². The number of amides is 2. The number of halogens is 1. The molecule has 1 aliphatic rings. The van der Waals surface area contributed by atoms with Gasteiger partial charge in [-0.15, -0.1) is 0 Å². The number of anilines is 1. The molecule has 1 saturated carbocycles. The van der Waals surface area contributed by atoms with E-state index in [1.165, 1.54) is 6.08 Å². The molecule has 0 aromatic heterocycles. The van der Waals surface area contributed by atoms with Gasteiger partial charge in [0, 0.05) is 6.04 Å². The van der Waals surface area contributed by atoms with E-state index < -0.39 is 0 Å². The van der Waals surface area contributed by atoms with Crippen LogP contribution in [0.15, 0.2) is 30.9 Å². The predicted octanol–water partition coefficient (Wildman–Crippen LogP) is 3.15. The molecule has 0 radical (unpaired) electrons. The Hall–Kier alpha value is -2.01. The van der Waals surface area contributed by atoms with Gasteiger partial charge in [0.2, 0.25) is 11.8 Å². The summed E-state index contributed by atoms with van der Waals surface area (Å²) in [7, 11) is 0. The van der Waals surface area contributed by atoms with Gasteiger partial charge < -0.3 is 15.4 Å². The third-order valence-corrected chi connectivity index (χ3v) is 4.20. The first kappa shape index (κ1) is 17.3. The maximum Gasteiger partial charge on any atom is 0.243 e. The van der Waals surface area contributed by atoms with Crippen LogP contribution in [0, 0.1) is 5.92 Å². The number of carbonyl (C=O) groups is 2. The standard InChI is InChI=1S/C17H21ClN2O3/c1-3-15(21)19-13-9-5-7-11(13)17(22)20-16-12(18)8-6-10-14(16)23-4-2/h3,6,8,10-11,13H,1,4-5,7,9H2,2H3,(H,19,21)(H,20,22)/t11-,13-/m1/s1. The van der Waals surface area contributed by atoms with Gasteiger partial charge in [0.25, 0.3) is 0 Å². The van der Waals surface area contributed by atoms with Crippen LogP contribution in [0.2, 0.25) is 5.02 Å². The summed E-state index contributed by atoms with van der Waals surface area (Å²) >= 11 is 6.18. The van der Waals surface area contributed by atoms with Gasteiger partial charge in [0.15, 0.2) is 0 Å². The second kappa shape index (κ2) is 8.02. The summed E-state index contributed by atoms with van der Waals surface area (Å²) in [5.41, 5.74) is 0.474. The van der Waals surface area contributed by atoms with Crippen molar-refractivity contribution < 1.29 is 14.3 Å². The lowest BCUT2D eigenvalue weighted by molar-refractivity contribution is -0.121. The molecule has 0 unspecified atom stereocenters. The van der Waals surface area contributed by atoms with Gasteiger partial charge in [0.1, 0.15) is 11.4 Å². The number of para-hydroxylation sites is 1. The first-order valence-electron chi connectivity index (χ1n) is 7.72. The number of nitrogens with one attached hydrogen (secondary N) is 2. The average Bonchev–Trinajstić information content (AvgIpc) is 2.99. The van der Waals surface area contributed by atoms with E-state index in [2.05, 4.69) is 17.2 Å². The summed E-state index contributed by atoms with van der Waals surface area (Å²) in [4.78, 5) is 24.1. The highest BCUT2D eigenvalue weighted by atomic mass is 35.5. The molecule has 2 N–H and O–H groups in total. The smallest absolute Gasteiger partial charge is 0.243 e. The van der Waals surface area contributed by atoms with Crippen molar-refractivity contribution in [3.63, 3.8) is 0 Å². The van der Waals surface area contributed by atoms with Crippen LogP contribution in [0.25, 0.3) is 0 Å². The van der Waals surface area contributed by atoms with E-state index in [1.807, 2.05) is 6.92 Å². The number of hydrogen-bond acceptors (Lipinski definition) is 3. The van der Waals surface area contributed by atoms with Crippen molar-refractivity contribution in [1.82, 2.24) is 5.32 Å². The van der Waals surface area contributed by atoms with Gasteiger partial charge >= 0.3 is 0 Å². The fourth-order valence-corrected chi connectivity index (χ4v) is 3.02. The maximum absolute atomic E-state index is 12.6. The molecule has 1 aromatic rings. The van der Waals surface area contributed by atoms with Crippen LogP contribution in [0.1, 0.15) is 26.2 Å². The molecule has 0 aliphatic heterocycles. The molecule has 1 aromatic carbocycles. The number of ether oxygens (including phenoxy) is 1. The van der Waals surface area contributed by atoms with Crippen molar-refractivity contribution in [3.8, 4) is 5.75 Å². The Kier molecular flexibility index (Phi) is 6.04. The van der Waals surface area contributed by atoms with E-state index in [9.17, 15) is 9.59 Å². The summed E-state index contributed by atoms with van der Waals surface area (Å²) in [5, 5.41) is 6.10. The highest BCUT2D eigenvalue weighted by Gasteiger charge is 2.34. The Labute approximate surface area is 141 Å². The minimum atomic E-state index is -0.287. The maximum atomic E-state index is 12.6. The lowest BCUT2D eigenvalue weighted by Gasteiger charge is -2.21. The van der Waals surface area contributed by atoms with Crippen molar-refractivity contribution in [2.24, 2.45) is 5.92 Å². The first-order valence-corrected chi connectivity index (χ1v) is 8.09. The van der Waals surface area contributed by atoms with Crippen LogP contribution >= 0.6 is 11.6 Å². The van der Waals surface area contributed by atoms with Crippen LogP contribution < -0.4 is 15.4 Å². The summed E-state index contributed by atoms with van der Waals surface area (Å²) in [5.74, 6) is -0.170. The van der Waals surface area contributed by atoms with Crippen LogP contribution in [0.3, 0.4) is 0 Å². The largest absolute Gasteiger partial charge is 0.492 e. The quantitative estimate of drug-likeness (QED) is 0.784. The Morgan fingerprint density at radius 3 is 2.91 bits per heavy atom. The van der Waals surface area contributed by atoms with Gasteiger partial charge in [-0.05, 0) is 38.0 Å². The summed E-state index contributed by atoms with van der Waals surface area (Å²) < 4.78 is 5.51. The number of benzene rings is 1. The van der Waals surface area contributed by atoms with Crippen molar-refractivity contribution in [3.05, 3.63) is 35.9 Å². The monoisotopic (exact) mass is 336 g/mol. The zero-order valence-corrected chi connectivity index (χ0v) is 13.9. The molecule has 0 spiro atoms. The fraction of sp³-hybridized carbons (Fsp3) is 0.412. The summed E-state index contributed by atoms with van der Waals surface area (Å²) in [6.45, 7) is 5.78. The first-order chi connectivity index (χ1) is 11.1. The fourth-order valence-electron chi connectivity index (χ4n) is 2.81. The summed E-state index contributed by atoms with van der Waals surface area (Å²) in [6, 6.07) is 5.05. The highest BCUT2D eigenvalue weighted by molar-refractivity contribution is 6.34. The Balaban J connectivity index is 2.12. The molecule has 2 rings (SSSR count). The van der Waals surface area contributed by atoms with Crippen LogP contribution in [0.4, 0.5) is 5.69 Å². The zero-order valence-electron chi connectivity index (χ0n) is 13.1. The zero-order chi connectivity index (χ0) is 16.8. The normalized spacial score (nSPS) is 19.9. The van der Waals surface area contributed by atoms with E-state index in [0.717, 1.165) is 19.3 Å². The van der Waals surface area contributed by atoms with E-state index in [4.69, 9.17) is 16.3 Å². The molecule has 0 heterocycles. The predicted molar refractivity (Wildman–Crippen MR) is 90.7 cm³/mol. The molecule has 1 aliphatic carbocycles. The second-order valence-corrected chi connectivity index (χ2v) is 5.80. The van der Waals surface area contributed by atoms with E-state index in [0.29, 0.717) is 23.1 Å². The highest BCUT2D eigenvalue weighted by Crippen LogP contribution is 2.34. The Morgan fingerprint density at radius 1 is 1.43 bits per heavy atom. The van der Waals surface area contributed by atoms with Gasteiger partial charge in [-0.2, -0.15) is 0 Å². The van der Waals surface area contributed by atoms with Gasteiger partial charge in [-0.3, -0.25) is 9.59 Å². The number of rotatable bonds is 6. The third-order valence-electron chi connectivity index (χ3n) is 3.89. The molecular weight excluding hydrogens is 316 g/mol. The van der Waals surface area contributed by atoms with Gasteiger partial charge in [-0.25, -0.2) is 0 Å². The van der Waals surface area contributed by atoms with Crippen molar-refractivity contribution in [1.29, 1.82) is 0 Å². The van der Waals surface area contributed by atoms with E-state index >= 15 is 0 Å². The molecular formula is C17H21ClN2O3. The minimum Gasteiger partial charge on any atom is -0.492 e. The molecule has 1 fully saturated rings. The molecule has 0 bridgehead atoms. The van der Waals surface area contributed by atoms with Crippen molar-refractivity contribution in [2.45, 2.75) is 32.2 Å². The van der Waals surface area contributed by atoms with Crippen LogP contribution in [-0.2, 0) is 9.59 Å². The average molecular weight is 337 g/mol. The molecule has 2 atom stereocenters. The van der Waals surface area contributed by atoms with E-state index in [1.54, 1.807) is 18.2 Å². The van der Waals surface area contributed by atoms with Crippen LogP contribution in [0.5, 0.6) is 5.75 Å². The van der Waals surface area contributed by atoms with Crippen molar-refractivity contribution >= 4 is 29.1 Å². The lowest BCUT2D eigenvalue weighted by Crippen LogP contribution is -2.41. The SMILES string of the molecule is C=CC(=O)N[C@@H]1CCC[C@H]1C(=O)Nc1c(Cl)cccc1OCC. The number of carbonyl (C=O) groups excluding carboxylic acids is 2. The summed E-state index contributed by atoms with van der Waals surface area (Å²) in [6.07, 6.45) is 3.61. The molecule has 6 heteroatoms. The molecule has 0 saturated heterocycles. The molecule has 23 heavy (non-hydrogen) atoms. The Bertz CT molecular complexity index is 604. The topological polar surface area (TPSA) is 67.4 Å². The third kappa shape index (κ3) is 4.26. The number of hydrogen-bond donors (Lipinski definition) is 2. The lowest BCUT2D eigenvalue weighted by atomic mass is 10.0. The van der Waals surface area contributed by atoms with Crippen LogP contribution in [-0.4, -0.2) is 24.5 Å². The molecule has 5 nitrogen and oxygen atoms in total. The van der Waals surface area contributed by atoms with E-state index in [-0.39, 0.29) is 23.8 Å². The van der Waals surface area contributed by atoms with Gasteiger partial charge in [-0.1, -0.05) is 30.7 Å². The Morgan fingerprint density at radius 2 is 2.22 bits per heavy atom. The van der Waals surface area contributed by atoms with Crippen molar-refractivity contribution in [2.75, 3.05) is 11.9 Å². The minimum absolute atomic E-state index is 0.161. The molecule has 124 valence electrons. The molecule has 2 amide bonds.